The smallest absolute Gasteiger partial charge is 0.328 e. The Labute approximate surface area is 114 Å². The van der Waals surface area contributed by atoms with Crippen molar-refractivity contribution in [2.24, 2.45) is 0 Å². The number of nitrogens with zero attached hydrogens (tertiary/aromatic N) is 1. The first-order valence-corrected chi connectivity index (χ1v) is 6.03. The number of carbonyl (C=O) groups excluding carboxylic acids is 1. The fourth-order valence-electron chi connectivity index (χ4n) is 1.86. The van der Waals surface area contributed by atoms with E-state index in [4.69, 9.17) is 0 Å². The molecular formula is C14H14N2O4. The van der Waals surface area contributed by atoms with Gasteiger partial charge in [0.2, 0.25) is 0 Å². The molecule has 0 atom stereocenters. The van der Waals surface area contributed by atoms with Gasteiger partial charge in [-0.3, -0.25) is 19.1 Å². The highest BCUT2D eigenvalue weighted by Crippen LogP contribution is 2.11. The van der Waals surface area contributed by atoms with Gasteiger partial charge in [-0.15, -0.1) is 0 Å². The van der Waals surface area contributed by atoms with Gasteiger partial charge in [0.15, 0.2) is 0 Å². The van der Waals surface area contributed by atoms with Crippen LogP contribution in [0.3, 0.4) is 0 Å². The molecule has 20 heavy (non-hydrogen) atoms. The van der Waals surface area contributed by atoms with Gasteiger partial charge in [0.1, 0.15) is 0 Å². The van der Waals surface area contributed by atoms with Gasteiger partial charge in [0.25, 0.3) is 5.56 Å². The van der Waals surface area contributed by atoms with E-state index in [2.05, 4.69) is 9.72 Å². The zero-order valence-corrected chi connectivity index (χ0v) is 11.0. The highest BCUT2D eigenvalue weighted by atomic mass is 16.5. The number of benzene rings is 1. The van der Waals surface area contributed by atoms with Crippen LogP contribution in [0.25, 0.3) is 0 Å². The summed E-state index contributed by atoms with van der Waals surface area (Å²) >= 11 is 0. The van der Waals surface area contributed by atoms with Crippen molar-refractivity contribution < 1.29 is 9.53 Å². The molecule has 0 saturated carbocycles. The van der Waals surface area contributed by atoms with Crippen molar-refractivity contribution >= 4 is 5.97 Å². The maximum Gasteiger partial charge on any atom is 0.328 e. The first-order valence-electron chi connectivity index (χ1n) is 6.03. The maximum absolute atomic E-state index is 11.6. The lowest BCUT2D eigenvalue weighted by atomic mass is 10.0. The van der Waals surface area contributed by atoms with Gasteiger partial charge in [-0.2, -0.15) is 0 Å². The first-order chi connectivity index (χ1) is 9.60. The number of H-pyrrole nitrogens is 1. The third-order valence-corrected chi connectivity index (χ3v) is 2.92. The van der Waals surface area contributed by atoms with E-state index in [1.165, 1.54) is 23.9 Å². The van der Waals surface area contributed by atoms with Crippen LogP contribution in [-0.2, 0) is 22.5 Å². The van der Waals surface area contributed by atoms with Crippen molar-refractivity contribution in [1.29, 1.82) is 0 Å². The highest BCUT2D eigenvalue weighted by Gasteiger charge is 2.08. The van der Waals surface area contributed by atoms with Gasteiger partial charge in [-0.05, 0) is 11.1 Å². The zero-order chi connectivity index (χ0) is 14.5. The van der Waals surface area contributed by atoms with E-state index in [0.717, 1.165) is 11.1 Å². The minimum atomic E-state index is -0.481. The van der Waals surface area contributed by atoms with E-state index in [0.29, 0.717) is 0 Å². The summed E-state index contributed by atoms with van der Waals surface area (Å²) in [6.45, 7) is 0.281. The van der Waals surface area contributed by atoms with Crippen molar-refractivity contribution in [2.75, 3.05) is 7.11 Å². The molecule has 0 unspecified atom stereocenters. The van der Waals surface area contributed by atoms with Crippen molar-refractivity contribution in [2.45, 2.75) is 13.0 Å². The van der Waals surface area contributed by atoms with Crippen molar-refractivity contribution in [3.8, 4) is 0 Å². The topological polar surface area (TPSA) is 81.2 Å². The summed E-state index contributed by atoms with van der Waals surface area (Å²) in [6, 6.07) is 8.56. The molecule has 2 aromatic rings. The van der Waals surface area contributed by atoms with Crippen LogP contribution in [0.2, 0.25) is 0 Å². The fourth-order valence-corrected chi connectivity index (χ4v) is 1.86. The molecule has 6 nitrogen and oxygen atoms in total. The molecule has 1 N–H and O–H groups in total. The highest BCUT2D eigenvalue weighted by molar-refractivity contribution is 5.72. The Hall–Kier alpha value is -2.63. The van der Waals surface area contributed by atoms with Crippen molar-refractivity contribution in [3.05, 3.63) is 68.5 Å². The molecule has 0 bridgehead atoms. The van der Waals surface area contributed by atoms with Crippen molar-refractivity contribution in [1.82, 2.24) is 9.55 Å². The molecule has 0 saturated heterocycles. The summed E-state index contributed by atoms with van der Waals surface area (Å²) in [4.78, 5) is 36.2. The number of esters is 1. The first kappa shape index (κ1) is 13.8. The van der Waals surface area contributed by atoms with Gasteiger partial charge >= 0.3 is 11.7 Å². The van der Waals surface area contributed by atoms with Crippen LogP contribution in [0.4, 0.5) is 0 Å². The molecular weight excluding hydrogens is 260 g/mol. The minimum absolute atomic E-state index is 0.144. The predicted molar refractivity (Wildman–Crippen MR) is 72.6 cm³/mol. The molecule has 1 aromatic heterocycles. The molecule has 6 heteroatoms. The standard InChI is InChI=1S/C14H14N2O4/c1-20-13(18)8-10-4-2-3-5-11(10)9-16-7-6-12(17)15-14(16)19/h2-7H,8-9H2,1H3,(H,15,17,19). The number of aromatic amines is 1. The SMILES string of the molecule is COC(=O)Cc1ccccc1Cn1ccc(=O)[nH]c1=O. The van der Waals surface area contributed by atoms with Crippen molar-refractivity contribution in [3.63, 3.8) is 0 Å². The molecule has 0 amide bonds. The van der Waals surface area contributed by atoms with Gasteiger partial charge in [0, 0.05) is 12.3 Å². The molecule has 0 radical (unpaired) electrons. The Balaban J connectivity index is 2.31. The van der Waals surface area contributed by atoms with Gasteiger partial charge < -0.3 is 4.74 Å². The van der Waals surface area contributed by atoms with Gasteiger partial charge in [-0.25, -0.2) is 4.79 Å². The Morgan fingerprint density at radius 1 is 1.20 bits per heavy atom. The van der Waals surface area contributed by atoms with Crippen LogP contribution < -0.4 is 11.2 Å². The number of rotatable bonds is 4. The molecule has 1 aromatic carbocycles. The average Bonchev–Trinajstić information content (AvgIpc) is 2.43. The third-order valence-electron chi connectivity index (χ3n) is 2.92. The number of carbonyl (C=O) groups is 1. The van der Waals surface area contributed by atoms with Crippen LogP contribution in [-0.4, -0.2) is 22.6 Å². The van der Waals surface area contributed by atoms with E-state index < -0.39 is 11.2 Å². The van der Waals surface area contributed by atoms with E-state index in [1.54, 1.807) is 0 Å². The summed E-state index contributed by atoms with van der Waals surface area (Å²) in [6.07, 6.45) is 1.57. The van der Waals surface area contributed by atoms with Gasteiger partial charge in [0.05, 0.1) is 20.1 Å². The monoisotopic (exact) mass is 274 g/mol. The van der Waals surface area contributed by atoms with Crippen LogP contribution in [0, 0.1) is 0 Å². The molecule has 104 valence electrons. The zero-order valence-electron chi connectivity index (χ0n) is 11.0. The van der Waals surface area contributed by atoms with E-state index >= 15 is 0 Å². The second-order valence-corrected chi connectivity index (χ2v) is 4.26. The molecule has 2 rings (SSSR count). The van der Waals surface area contributed by atoms with E-state index in [1.807, 2.05) is 24.3 Å². The Kier molecular flexibility index (Phi) is 4.14. The lowest BCUT2D eigenvalue weighted by molar-refractivity contribution is -0.139. The second kappa shape index (κ2) is 6.01. The number of aromatic nitrogens is 2. The molecule has 1 heterocycles. The largest absolute Gasteiger partial charge is 0.469 e. The van der Waals surface area contributed by atoms with Gasteiger partial charge in [-0.1, -0.05) is 24.3 Å². The average molecular weight is 274 g/mol. The Bertz CT molecular complexity index is 730. The quantitative estimate of drug-likeness (QED) is 0.813. The van der Waals surface area contributed by atoms with E-state index in [-0.39, 0.29) is 18.9 Å². The summed E-state index contributed by atoms with van der Waals surface area (Å²) in [5, 5.41) is 0. The summed E-state index contributed by atoms with van der Waals surface area (Å²) in [5.41, 5.74) is 0.698. The molecule has 0 aliphatic heterocycles. The third kappa shape index (κ3) is 3.23. The van der Waals surface area contributed by atoms with Crippen LogP contribution in [0.1, 0.15) is 11.1 Å². The van der Waals surface area contributed by atoms with Crippen LogP contribution >= 0.6 is 0 Å². The maximum atomic E-state index is 11.6. The van der Waals surface area contributed by atoms with Crippen LogP contribution in [0.5, 0.6) is 0 Å². The summed E-state index contributed by atoms with van der Waals surface area (Å²) < 4.78 is 6.02. The molecule has 0 aliphatic carbocycles. The lowest BCUT2D eigenvalue weighted by Gasteiger charge is -2.10. The second-order valence-electron chi connectivity index (χ2n) is 4.26. The molecule has 0 fully saturated rings. The van der Waals surface area contributed by atoms with E-state index in [9.17, 15) is 14.4 Å². The Morgan fingerprint density at radius 3 is 2.55 bits per heavy atom. The summed E-state index contributed by atoms with van der Waals surface area (Å²) in [7, 11) is 1.33. The predicted octanol–water partition coefficient (Wildman–Crippen LogP) is 0.300. The summed E-state index contributed by atoms with van der Waals surface area (Å²) in [5.74, 6) is -0.341. The normalized spacial score (nSPS) is 10.2. The number of nitrogens with one attached hydrogen (secondary N) is 1. The number of ether oxygens (including phenoxy) is 1. The van der Waals surface area contributed by atoms with Crippen LogP contribution in [0.15, 0.2) is 46.1 Å². The number of hydrogen-bond acceptors (Lipinski definition) is 4. The molecule has 0 spiro atoms. The number of hydrogen-bond donors (Lipinski definition) is 1. The fraction of sp³-hybridized carbons (Fsp3) is 0.214. The molecule has 0 aliphatic rings. The Morgan fingerprint density at radius 2 is 1.90 bits per heavy atom. The number of methoxy groups -OCH3 is 1. The minimum Gasteiger partial charge on any atom is -0.469 e. The lowest BCUT2D eigenvalue weighted by Crippen LogP contribution is -2.29.